The van der Waals surface area contributed by atoms with Gasteiger partial charge in [0.05, 0.1) is 11.9 Å². The van der Waals surface area contributed by atoms with Crippen molar-refractivity contribution in [3.05, 3.63) is 90.0 Å². The molecule has 0 spiro atoms. The average Bonchev–Trinajstić information content (AvgIpc) is 3.06. The Balaban J connectivity index is 1.69. The molecule has 0 aliphatic carbocycles. The third-order valence-electron chi connectivity index (χ3n) is 4.74. The molecule has 2 aromatic heterocycles. The van der Waals surface area contributed by atoms with E-state index in [1.807, 2.05) is 66.0 Å². The number of amides is 1. The molecular weight excluding hydrogens is 367 g/mol. The van der Waals surface area contributed by atoms with Gasteiger partial charge in [-0.25, -0.2) is 9.37 Å². The van der Waals surface area contributed by atoms with Crippen molar-refractivity contribution < 1.29 is 9.18 Å². The number of halogens is 1. The van der Waals surface area contributed by atoms with Gasteiger partial charge in [-0.3, -0.25) is 4.79 Å². The van der Waals surface area contributed by atoms with Gasteiger partial charge >= 0.3 is 0 Å². The van der Waals surface area contributed by atoms with E-state index in [9.17, 15) is 9.18 Å². The summed E-state index contributed by atoms with van der Waals surface area (Å²) in [6.07, 6.45) is 1.62. The third-order valence-corrected chi connectivity index (χ3v) is 4.74. The Morgan fingerprint density at radius 1 is 1.07 bits per heavy atom. The van der Waals surface area contributed by atoms with E-state index in [4.69, 9.17) is 0 Å². The van der Waals surface area contributed by atoms with Crippen molar-refractivity contribution in [2.75, 3.05) is 24.3 Å². The number of nitrogens with one attached hydrogen (secondary N) is 1. The number of rotatable bonds is 5. The Hall–Kier alpha value is -3.67. The summed E-state index contributed by atoms with van der Waals surface area (Å²) < 4.78 is 15.6. The SMILES string of the molecule is CN(C)c1ccc(NC(=O)c2cc3cc(F)ccc3n2Cc2ccccc2)cn1. The first kappa shape index (κ1) is 18.7. The zero-order valence-electron chi connectivity index (χ0n) is 16.3. The highest BCUT2D eigenvalue weighted by molar-refractivity contribution is 6.06. The lowest BCUT2D eigenvalue weighted by atomic mass is 10.2. The van der Waals surface area contributed by atoms with Gasteiger partial charge in [-0.1, -0.05) is 30.3 Å². The molecule has 0 radical (unpaired) electrons. The van der Waals surface area contributed by atoms with Gasteiger partial charge in [-0.15, -0.1) is 0 Å². The Kier molecular flexibility index (Phi) is 4.99. The molecule has 0 aliphatic heterocycles. The maximum Gasteiger partial charge on any atom is 0.272 e. The minimum Gasteiger partial charge on any atom is -0.363 e. The van der Waals surface area contributed by atoms with E-state index in [2.05, 4.69) is 10.3 Å². The topological polar surface area (TPSA) is 50.2 Å². The smallest absolute Gasteiger partial charge is 0.272 e. The van der Waals surface area contributed by atoms with Gasteiger partial charge in [-0.2, -0.15) is 0 Å². The van der Waals surface area contributed by atoms with Crippen molar-refractivity contribution in [3.63, 3.8) is 0 Å². The molecule has 29 heavy (non-hydrogen) atoms. The maximum atomic E-state index is 13.7. The number of anilines is 2. The van der Waals surface area contributed by atoms with Gasteiger partial charge in [-0.05, 0) is 42.0 Å². The number of hydrogen-bond donors (Lipinski definition) is 1. The van der Waals surface area contributed by atoms with Gasteiger partial charge in [0.2, 0.25) is 0 Å². The summed E-state index contributed by atoms with van der Waals surface area (Å²) in [5.41, 5.74) is 2.93. The first-order chi connectivity index (χ1) is 14.0. The monoisotopic (exact) mass is 388 g/mol. The summed E-state index contributed by atoms with van der Waals surface area (Å²) >= 11 is 0. The Bertz CT molecular complexity index is 1150. The van der Waals surface area contributed by atoms with E-state index >= 15 is 0 Å². The van der Waals surface area contributed by atoms with Crippen LogP contribution >= 0.6 is 0 Å². The van der Waals surface area contributed by atoms with Crippen LogP contribution in [-0.4, -0.2) is 29.6 Å². The second kappa shape index (κ2) is 7.75. The Labute approximate surface area is 168 Å². The van der Waals surface area contributed by atoms with Gasteiger partial charge in [0, 0.05) is 31.5 Å². The number of nitrogens with zero attached hydrogens (tertiary/aromatic N) is 3. The molecule has 0 atom stereocenters. The van der Waals surface area contributed by atoms with Crippen molar-refractivity contribution >= 4 is 28.3 Å². The van der Waals surface area contributed by atoms with Crippen LogP contribution in [0.2, 0.25) is 0 Å². The van der Waals surface area contributed by atoms with E-state index < -0.39 is 0 Å². The molecule has 0 unspecified atom stereocenters. The van der Waals surface area contributed by atoms with Crippen molar-refractivity contribution in [3.8, 4) is 0 Å². The van der Waals surface area contributed by atoms with E-state index in [-0.39, 0.29) is 11.7 Å². The molecule has 4 rings (SSSR count). The number of benzene rings is 2. The fourth-order valence-corrected chi connectivity index (χ4v) is 3.29. The second-order valence-electron chi connectivity index (χ2n) is 7.06. The van der Waals surface area contributed by atoms with Gasteiger partial charge in [0.1, 0.15) is 17.3 Å². The molecule has 1 amide bonds. The number of hydrogen-bond acceptors (Lipinski definition) is 3. The zero-order chi connectivity index (χ0) is 20.4. The van der Waals surface area contributed by atoms with Crippen LogP contribution in [0.15, 0.2) is 72.9 Å². The van der Waals surface area contributed by atoms with Crippen LogP contribution in [0.1, 0.15) is 16.1 Å². The summed E-state index contributed by atoms with van der Waals surface area (Å²) in [7, 11) is 3.81. The number of carbonyl (C=O) groups excluding carboxylic acids is 1. The number of aromatic nitrogens is 2. The van der Waals surface area contributed by atoms with Crippen LogP contribution < -0.4 is 10.2 Å². The molecule has 1 N–H and O–H groups in total. The summed E-state index contributed by atoms with van der Waals surface area (Å²) in [6.45, 7) is 0.510. The zero-order valence-corrected chi connectivity index (χ0v) is 16.3. The molecule has 2 heterocycles. The highest BCUT2D eigenvalue weighted by Crippen LogP contribution is 2.24. The Morgan fingerprint density at radius 2 is 1.86 bits per heavy atom. The molecule has 5 nitrogen and oxygen atoms in total. The highest BCUT2D eigenvalue weighted by atomic mass is 19.1. The van der Waals surface area contributed by atoms with Crippen LogP contribution in [-0.2, 0) is 6.54 Å². The molecule has 2 aromatic carbocycles. The molecular formula is C23H21FN4O. The fourth-order valence-electron chi connectivity index (χ4n) is 3.29. The van der Waals surface area contributed by atoms with Crippen LogP contribution in [0.5, 0.6) is 0 Å². The van der Waals surface area contributed by atoms with Gasteiger partial charge in [0.15, 0.2) is 0 Å². The normalized spacial score (nSPS) is 10.9. The molecule has 4 aromatic rings. The quantitative estimate of drug-likeness (QED) is 0.546. The molecule has 0 aliphatic rings. The lowest BCUT2D eigenvalue weighted by Gasteiger charge is -2.13. The van der Waals surface area contributed by atoms with Gasteiger partial charge < -0.3 is 14.8 Å². The highest BCUT2D eigenvalue weighted by Gasteiger charge is 2.17. The number of carbonyl (C=O) groups is 1. The predicted octanol–water partition coefficient (Wildman–Crippen LogP) is 4.54. The molecule has 0 fully saturated rings. The van der Waals surface area contributed by atoms with Crippen molar-refractivity contribution in [2.45, 2.75) is 6.54 Å². The van der Waals surface area contributed by atoms with Crippen molar-refractivity contribution in [1.29, 1.82) is 0 Å². The summed E-state index contributed by atoms with van der Waals surface area (Å²) in [5, 5.41) is 3.58. The van der Waals surface area contributed by atoms with E-state index in [1.165, 1.54) is 12.1 Å². The van der Waals surface area contributed by atoms with Crippen molar-refractivity contribution in [1.82, 2.24) is 9.55 Å². The van der Waals surface area contributed by atoms with E-state index in [1.54, 1.807) is 18.3 Å². The minimum absolute atomic E-state index is 0.267. The summed E-state index contributed by atoms with van der Waals surface area (Å²) in [6, 6.07) is 19.8. The lowest BCUT2D eigenvalue weighted by molar-refractivity contribution is 0.101. The standard InChI is InChI=1S/C23H21FN4O/c1-27(2)22-11-9-19(14-25-22)26-23(29)21-13-17-12-18(24)8-10-20(17)28(21)15-16-6-4-3-5-7-16/h3-14H,15H2,1-2H3,(H,26,29). The molecule has 0 saturated heterocycles. The Morgan fingerprint density at radius 3 is 2.55 bits per heavy atom. The fraction of sp³-hybridized carbons (Fsp3) is 0.130. The number of pyridine rings is 1. The maximum absolute atomic E-state index is 13.7. The lowest BCUT2D eigenvalue weighted by Crippen LogP contribution is -2.18. The average molecular weight is 388 g/mol. The van der Waals surface area contributed by atoms with E-state index in [0.717, 1.165) is 16.9 Å². The van der Waals surface area contributed by atoms with Crippen LogP contribution in [0.4, 0.5) is 15.9 Å². The molecule has 0 bridgehead atoms. The van der Waals surface area contributed by atoms with Crippen LogP contribution in [0.25, 0.3) is 10.9 Å². The summed E-state index contributed by atoms with van der Waals surface area (Å²) in [5.74, 6) is 0.207. The second-order valence-corrected chi connectivity index (χ2v) is 7.06. The molecule has 6 heteroatoms. The van der Waals surface area contributed by atoms with Crippen LogP contribution in [0, 0.1) is 5.82 Å². The summed E-state index contributed by atoms with van der Waals surface area (Å²) in [4.78, 5) is 19.2. The largest absolute Gasteiger partial charge is 0.363 e. The minimum atomic E-state index is -0.329. The van der Waals surface area contributed by atoms with E-state index in [0.29, 0.717) is 23.3 Å². The first-order valence-corrected chi connectivity index (χ1v) is 9.29. The predicted molar refractivity (Wildman–Crippen MR) is 114 cm³/mol. The first-order valence-electron chi connectivity index (χ1n) is 9.29. The van der Waals surface area contributed by atoms with Crippen molar-refractivity contribution in [2.24, 2.45) is 0 Å². The third kappa shape index (κ3) is 3.96. The van der Waals surface area contributed by atoms with Gasteiger partial charge in [0.25, 0.3) is 5.91 Å². The molecule has 146 valence electrons. The van der Waals surface area contributed by atoms with Crippen LogP contribution in [0.3, 0.4) is 0 Å². The number of fused-ring (bicyclic) bond motifs is 1. The molecule has 0 saturated carbocycles.